The number of alkyl halides is 3. The summed E-state index contributed by atoms with van der Waals surface area (Å²) >= 11 is 0. The van der Waals surface area contributed by atoms with Crippen molar-refractivity contribution >= 4 is 24.1 Å². The molecule has 0 N–H and O–H groups in total. The average Bonchev–Trinajstić information content (AvgIpc) is 2.38. The van der Waals surface area contributed by atoms with Gasteiger partial charge >= 0.3 is 10.6 Å². The number of rotatable bonds is 3. The topological polar surface area (TPSA) is 105 Å². The molecule has 1 rings (SSSR count). The van der Waals surface area contributed by atoms with Crippen LogP contribution in [0.3, 0.4) is 0 Å². The molecule has 0 atom stereocenters. The first-order valence-electron chi connectivity index (χ1n) is 6.36. The molecule has 11 heteroatoms. The lowest BCUT2D eigenvalue weighted by molar-refractivity contribution is -0.0905. The monoisotopic (exact) mass is 360 g/mol. The molecule has 0 bridgehead atoms. The molecule has 6 nitrogen and oxygen atoms in total. The van der Waals surface area contributed by atoms with Crippen molar-refractivity contribution in [2.75, 3.05) is 5.75 Å². The Morgan fingerprint density at radius 1 is 1.14 bits per heavy atom. The van der Waals surface area contributed by atoms with Crippen LogP contribution in [0.15, 0.2) is 12.2 Å². The minimum absolute atomic E-state index is 0.178. The van der Waals surface area contributed by atoms with Gasteiger partial charge in [-0.15, -0.1) is 4.79 Å². The van der Waals surface area contributed by atoms with Crippen molar-refractivity contribution in [2.24, 2.45) is 0 Å². The third-order valence-electron chi connectivity index (χ3n) is 3.35. The van der Waals surface area contributed by atoms with Gasteiger partial charge < -0.3 is 5.53 Å². The van der Waals surface area contributed by atoms with Crippen molar-refractivity contribution in [3.05, 3.63) is 17.7 Å². The number of halogens is 3. The fraction of sp³-hybridized carbons (Fsp3) is 0.727. The van der Waals surface area contributed by atoms with E-state index in [1.54, 1.807) is 0 Å². The molecule has 1 saturated carbocycles. The third kappa shape index (κ3) is 4.17. The standard InChI is InChI=1S/C11H15F3N2O4S2/c1-8(11(12,13)14)7-21(17,18)10(16-15)22(19,20)9-5-3-2-4-6-9/h9H,1-7H2. The first-order valence-corrected chi connectivity index (χ1v) is 9.56. The van der Waals surface area contributed by atoms with Crippen LogP contribution in [0, 0.1) is 0 Å². The molecule has 0 heterocycles. The Morgan fingerprint density at radius 2 is 1.64 bits per heavy atom. The lowest BCUT2D eigenvalue weighted by Crippen LogP contribution is -2.37. The Bertz CT molecular complexity index is 698. The first kappa shape index (κ1) is 18.9. The lowest BCUT2D eigenvalue weighted by Gasteiger charge is -2.19. The van der Waals surface area contributed by atoms with Gasteiger partial charge in [-0.2, -0.15) is 13.2 Å². The van der Waals surface area contributed by atoms with Crippen molar-refractivity contribution in [1.29, 1.82) is 0 Å². The lowest BCUT2D eigenvalue weighted by atomic mass is 10.0. The van der Waals surface area contributed by atoms with Gasteiger partial charge in [0.1, 0.15) is 0 Å². The van der Waals surface area contributed by atoms with Crippen LogP contribution in [0.4, 0.5) is 13.2 Å². The molecular weight excluding hydrogens is 345 g/mol. The second kappa shape index (κ2) is 6.51. The Balaban J connectivity index is 3.15. The Hall–Kier alpha value is -1.19. The van der Waals surface area contributed by atoms with E-state index in [1.807, 2.05) is 0 Å². The van der Waals surface area contributed by atoms with E-state index in [0.717, 1.165) is 6.42 Å². The minimum atomic E-state index is -4.98. The Labute approximate surface area is 126 Å². The number of hydrogen-bond acceptors (Lipinski definition) is 4. The largest absolute Gasteiger partial charge is 0.495 e. The molecule has 0 aliphatic heterocycles. The maximum atomic E-state index is 12.4. The number of nitrogens with zero attached hydrogens (tertiary/aromatic N) is 2. The summed E-state index contributed by atoms with van der Waals surface area (Å²) in [6, 6.07) is 0. The molecule has 0 unspecified atom stereocenters. The molecule has 126 valence electrons. The third-order valence-corrected chi connectivity index (χ3v) is 8.07. The van der Waals surface area contributed by atoms with E-state index in [0.29, 0.717) is 12.8 Å². The van der Waals surface area contributed by atoms with E-state index in [-0.39, 0.29) is 12.8 Å². The maximum absolute atomic E-state index is 12.4. The molecular formula is C11H15F3N2O4S2. The van der Waals surface area contributed by atoms with Crippen molar-refractivity contribution in [3.63, 3.8) is 0 Å². The van der Waals surface area contributed by atoms with E-state index in [2.05, 4.69) is 11.4 Å². The summed E-state index contributed by atoms with van der Waals surface area (Å²) in [6.45, 7) is 2.59. The molecule has 0 amide bonds. The van der Waals surface area contributed by atoms with Gasteiger partial charge in [-0.25, -0.2) is 16.8 Å². The van der Waals surface area contributed by atoms with Gasteiger partial charge in [0.05, 0.1) is 11.0 Å². The predicted molar refractivity (Wildman–Crippen MR) is 73.4 cm³/mol. The molecule has 22 heavy (non-hydrogen) atoms. The van der Waals surface area contributed by atoms with Gasteiger partial charge in [0.15, 0.2) is 0 Å². The van der Waals surface area contributed by atoms with Crippen LogP contribution in [-0.2, 0) is 19.7 Å². The SMILES string of the molecule is C=C(CS(=O)(=O)C(=[N+]=[N-])S(=O)(=O)C1CCCCC1)C(F)(F)F. The molecule has 0 aromatic heterocycles. The van der Waals surface area contributed by atoms with E-state index < -0.39 is 46.8 Å². The second-order valence-electron chi connectivity index (χ2n) is 5.03. The summed E-state index contributed by atoms with van der Waals surface area (Å²) in [5.74, 6) is -1.66. The van der Waals surface area contributed by atoms with E-state index in [9.17, 15) is 30.0 Å². The van der Waals surface area contributed by atoms with Crippen LogP contribution < -0.4 is 0 Å². The van der Waals surface area contributed by atoms with Gasteiger partial charge in [0.2, 0.25) is 0 Å². The van der Waals surface area contributed by atoms with Crippen molar-refractivity contribution in [1.82, 2.24) is 0 Å². The molecule has 1 aliphatic carbocycles. The number of sulfone groups is 2. The number of hydrogen-bond donors (Lipinski definition) is 0. The van der Waals surface area contributed by atoms with Gasteiger partial charge in [-0.3, -0.25) is 0 Å². The van der Waals surface area contributed by atoms with E-state index in [1.165, 1.54) is 0 Å². The quantitative estimate of drug-likeness (QED) is 0.252. The van der Waals surface area contributed by atoms with Crippen LogP contribution >= 0.6 is 0 Å². The highest BCUT2D eigenvalue weighted by Gasteiger charge is 2.48. The van der Waals surface area contributed by atoms with Crippen LogP contribution in [0.2, 0.25) is 0 Å². The summed E-state index contributed by atoms with van der Waals surface area (Å²) in [6.07, 6.45) is -2.73. The fourth-order valence-corrected chi connectivity index (χ4v) is 6.41. The fourth-order valence-electron chi connectivity index (χ4n) is 2.19. The zero-order valence-electron chi connectivity index (χ0n) is 11.5. The van der Waals surface area contributed by atoms with Crippen molar-refractivity contribution < 1.29 is 34.8 Å². The summed E-state index contributed by atoms with van der Waals surface area (Å²) in [7, 11) is -9.49. The van der Waals surface area contributed by atoms with E-state index in [4.69, 9.17) is 5.53 Å². The second-order valence-corrected chi connectivity index (χ2v) is 9.34. The highest BCUT2D eigenvalue weighted by molar-refractivity contribution is 8.31. The van der Waals surface area contributed by atoms with E-state index >= 15 is 0 Å². The van der Waals surface area contributed by atoms with Crippen LogP contribution in [0.5, 0.6) is 0 Å². The zero-order chi connectivity index (χ0) is 17.2. The van der Waals surface area contributed by atoms with Crippen LogP contribution in [0.1, 0.15) is 32.1 Å². The molecule has 1 fully saturated rings. The molecule has 0 aromatic rings. The van der Waals surface area contributed by atoms with Gasteiger partial charge in [0, 0.05) is 5.57 Å². The zero-order valence-corrected chi connectivity index (χ0v) is 13.1. The average molecular weight is 360 g/mol. The van der Waals surface area contributed by atoms with Gasteiger partial charge in [-0.1, -0.05) is 25.8 Å². The van der Waals surface area contributed by atoms with Gasteiger partial charge in [0.25, 0.3) is 19.7 Å². The molecule has 1 aliphatic rings. The predicted octanol–water partition coefficient (Wildman–Crippen LogP) is 1.85. The van der Waals surface area contributed by atoms with Crippen LogP contribution in [-0.4, -0.2) is 43.2 Å². The van der Waals surface area contributed by atoms with Crippen LogP contribution in [0.25, 0.3) is 5.53 Å². The maximum Gasteiger partial charge on any atom is 0.495 e. The molecule has 0 saturated heterocycles. The summed E-state index contributed by atoms with van der Waals surface area (Å²) in [4.78, 5) is 2.27. The first-order chi connectivity index (χ1) is 9.93. The van der Waals surface area contributed by atoms with Crippen molar-refractivity contribution in [2.45, 2.75) is 43.5 Å². The summed E-state index contributed by atoms with van der Waals surface area (Å²) in [5.41, 5.74) is 7.13. The molecule has 0 aromatic carbocycles. The summed E-state index contributed by atoms with van der Waals surface area (Å²) in [5, 5.41) is -1.07. The minimum Gasteiger partial charge on any atom is -0.359 e. The highest BCUT2D eigenvalue weighted by atomic mass is 32.3. The molecule has 0 spiro atoms. The van der Waals surface area contributed by atoms with Gasteiger partial charge in [-0.05, 0) is 12.8 Å². The van der Waals surface area contributed by atoms with Crippen molar-refractivity contribution in [3.8, 4) is 0 Å². The highest BCUT2D eigenvalue weighted by Crippen LogP contribution is 2.28. The normalized spacial score (nSPS) is 17.8. The Morgan fingerprint density at radius 3 is 2.05 bits per heavy atom. The molecule has 0 radical (unpaired) electrons. The smallest absolute Gasteiger partial charge is 0.359 e. The summed E-state index contributed by atoms with van der Waals surface area (Å²) < 4.78 is 83.7. The Kier molecular flexibility index (Phi) is 5.58.